The molecule has 0 bridgehead atoms. The van der Waals surface area contributed by atoms with E-state index in [4.69, 9.17) is 9.84 Å². The molecule has 0 atom stereocenters. The molecule has 2 aromatic carbocycles. The Bertz CT molecular complexity index is 993. The minimum absolute atomic E-state index is 0.260. The van der Waals surface area contributed by atoms with Crippen LogP contribution in [0.25, 0.3) is 16.8 Å². The fourth-order valence-corrected chi connectivity index (χ4v) is 2.92. The molecule has 3 rings (SSSR count). The molecule has 0 aliphatic carbocycles. The Labute approximate surface area is 150 Å². The van der Waals surface area contributed by atoms with Gasteiger partial charge in [0.25, 0.3) is 5.56 Å². The minimum Gasteiger partial charge on any atom is -0.482 e. The van der Waals surface area contributed by atoms with Crippen molar-refractivity contribution >= 4 is 5.97 Å². The maximum atomic E-state index is 12.4. The summed E-state index contributed by atoms with van der Waals surface area (Å²) >= 11 is 0. The lowest BCUT2D eigenvalue weighted by atomic mass is 10.1. The number of hydrogen-bond acceptors (Lipinski definition) is 4. The number of benzene rings is 2. The number of nitrogens with zero attached hydrogens (tertiary/aromatic N) is 2. The summed E-state index contributed by atoms with van der Waals surface area (Å²) in [4.78, 5) is 27.2. The number of ether oxygens (including phenoxy) is 1. The number of carboxylic acids is 1. The second-order valence-electron chi connectivity index (χ2n) is 5.80. The molecule has 0 aliphatic heterocycles. The Morgan fingerprint density at radius 2 is 1.73 bits per heavy atom. The van der Waals surface area contributed by atoms with Gasteiger partial charge in [-0.15, -0.1) is 0 Å². The third kappa shape index (κ3) is 3.49. The number of hydrogen-bond donors (Lipinski definition) is 1. The van der Waals surface area contributed by atoms with Gasteiger partial charge in [0, 0.05) is 11.4 Å². The van der Waals surface area contributed by atoms with Gasteiger partial charge in [0.2, 0.25) is 0 Å². The normalized spacial score (nSPS) is 10.5. The van der Waals surface area contributed by atoms with Gasteiger partial charge < -0.3 is 14.4 Å². The van der Waals surface area contributed by atoms with Crippen molar-refractivity contribution in [2.24, 2.45) is 0 Å². The molecular formula is C20H18N2O4. The standard InChI is InChI=1S/C20H18N2O4/c1-13-19(15-6-4-3-5-7-15)20(25)21-14(2)22(13)16-8-10-17(11-9-16)26-12-18(23)24/h3-11H,12H2,1-2H3,(H,23,24). The minimum atomic E-state index is -1.03. The van der Waals surface area contributed by atoms with Gasteiger partial charge in [0.1, 0.15) is 11.6 Å². The zero-order valence-corrected chi connectivity index (χ0v) is 14.5. The van der Waals surface area contributed by atoms with E-state index in [1.165, 1.54) is 0 Å². The van der Waals surface area contributed by atoms with Crippen LogP contribution in [-0.2, 0) is 4.79 Å². The molecule has 0 fully saturated rings. The van der Waals surface area contributed by atoms with E-state index < -0.39 is 12.6 Å². The first-order valence-electron chi connectivity index (χ1n) is 8.08. The first kappa shape index (κ1) is 17.4. The highest BCUT2D eigenvalue weighted by molar-refractivity contribution is 5.68. The molecule has 0 radical (unpaired) electrons. The molecule has 26 heavy (non-hydrogen) atoms. The van der Waals surface area contributed by atoms with Crippen LogP contribution in [-0.4, -0.2) is 27.2 Å². The van der Waals surface area contributed by atoms with Crippen molar-refractivity contribution in [3.8, 4) is 22.6 Å². The third-order valence-corrected chi connectivity index (χ3v) is 4.02. The van der Waals surface area contributed by atoms with Gasteiger partial charge in [-0.2, -0.15) is 4.98 Å². The molecule has 0 unspecified atom stereocenters. The van der Waals surface area contributed by atoms with Gasteiger partial charge in [0.05, 0.1) is 5.56 Å². The van der Waals surface area contributed by atoms with Crippen molar-refractivity contribution < 1.29 is 14.6 Å². The second kappa shape index (κ2) is 7.23. The molecule has 0 saturated heterocycles. The maximum Gasteiger partial charge on any atom is 0.341 e. The molecular weight excluding hydrogens is 332 g/mol. The average molecular weight is 350 g/mol. The van der Waals surface area contributed by atoms with Crippen LogP contribution in [0.1, 0.15) is 11.5 Å². The lowest BCUT2D eigenvalue weighted by molar-refractivity contribution is -0.139. The summed E-state index contributed by atoms with van der Waals surface area (Å²) in [5.41, 5.74) is 2.71. The van der Waals surface area contributed by atoms with Crippen molar-refractivity contribution in [3.63, 3.8) is 0 Å². The van der Waals surface area contributed by atoms with E-state index in [-0.39, 0.29) is 5.56 Å². The van der Waals surface area contributed by atoms with Gasteiger partial charge in [-0.1, -0.05) is 30.3 Å². The van der Waals surface area contributed by atoms with Crippen LogP contribution in [0.5, 0.6) is 5.75 Å². The maximum absolute atomic E-state index is 12.4. The average Bonchev–Trinajstić information content (AvgIpc) is 2.61. The van der Waals surface area contributed by atoms with Crippen LogP contribution < -0.4 is 10.3 Å². The van der Waals surface area contributed by atoms with Crippen molar-refractivity contribution in [2.45, 2.75) is 13.8 Å². The fraction of sp³-hybridized carbons (Fsp3) is 0.150. The van der Waals surface area contributed by atoms with E-state index in [1.54, 1.807) is 31.2 Å². The predicted molar refractivity (Wildman–Crippen MR) is 97.9 cm³/mol. The first-order valence-corrected chi connectivity index (χ1v) is 8.08. The van der Waals surface area contributed by atoms with Crippen molar-refractivity contribution in [1.29, 1.82) is 0 Å². The van der Waals surface area contributed by atoms with Gasteiger partial charge in [-0.25, -0.2) is 4.79 Å². The highest BCUT2D eigenvalue weighted by atomic mass is 16.5. The molecule has 132 valence electrons. The SMILES string of the molecule is Cc1nc(=O)c(-c2ccccc2)c(C)n1-c1ccc(OCC(=O)O)cc1. The second-order valence-corrected chi connectivity index (χ2v) is 5.80. The summed E-state index contributed by atoms with van der Waals surface area (Å²) < 4.78 is 7.05. The number of aryl methyl sites for hydroxylation is 1. The van der Waals surface area contributed by atoms with Crippen molar-refractivity contribution in [1.82, 2.24) is 9.55 Å². The Morgan fingerprint density at radius 1 is 1.08 bits per heavy atom. The van der Waals surface area contributed by atoms with Crippen LogP contribution in [0, 0.1) is 13.8 Å². The number of aromatic nitrogens is 2. The van der Waals surface area contributed by atoms with Crippen LogP contribution in [0.4, 0.5) is 0 Å². The summed E-state index contributed by atoms with van der Waals surface area (Å²) in [6.45, 7) is 3.26. The van der Waals surface area contributed by atoms with Crippen molar-refractivity contribution in [2.75, 3.05) is 6.61 Å². The van der Waals surface area contributed by atoms with E-state index in [0.29, 0.717) is 17.1 Å². The molecule has 3 aromatic rings. The van der Waals surface area contributed by atoms with E-state index in [9.17, 15) is 9.59 Å². The fourth-order valence-electron chi connectivity index (χ4n) is 2.92. The number of rotatable bonds is 5. The molecule has 1 heterocycles. The van der Waals surface area contributed by atoms with E-state index in [1.807, 2.05) is 41.8 Å². The van der Waals surface area contributed by atoms with Gasteiger partial charge >= 0.3 is 5.97 Å². The molecule has 0 spiro atoms. The third-order valence-electron chi connectivity index (χ3n) is 4.02. The van der Waals surface area contributed by atoms with E-state index >= 15 is 0 Å². The van der Waals surface area contributed by atoms with E-state index in [0.717, 1.165) is 16.9 Å². The summed E-state index contributed by atoms with van der Waals surface area (Å²) in [6.07, 6.45) is 0. The Hall–Kier alpha value is -3.41. The first-order chi connectivity index (χ1) is 12.5. The monoisotopic (exact) mass is 350 g/mol. The van der Waals surface area contributed by atoms with Crippen LogP contribution in [0.2, 0.25) is 0 Å². The largest absolute Gasteiger partial charge is 0.482 e. The van der Waals surface area contributed by atoms with Gasteiger partial charge in [-0.05, 0) is 43.7 Å². The van der Waals surface area contributed by atoms with Gasteiger partial charge in [-0.3, -0.25) is 4.79 Å². The Kier molecular flexibility index (Phi) is 4.84. The van der Waals surface area contributed by atoms with Gasteiger partial charge in [0.15, 0.2) is 6.61 Å². The summed E-state index contributed by atoms with van der Waals surface area (Å²) in [6, 6.07) is 16.4. The Balaban J connectivity index is 2.05. The van der Waals surface area contributed by atoms with Crippen LogP contribution in [0.3, 0.4) is 0 Å². The van der Waals surface area contributed by atoms with Crippen LogP contribution >= 0.6 is 0 Å². The smallest absolute Gasteiger partial charge is 0.341 e. The zero-order chi connectivity index (χ0) is 18.7. The Morgan fingerprint density at radius 3 is 2.35 bits per heavy atom. The van der Waals surface area contributed by atoms with E-state index in [2.05, 4.69) is 4.98 Å². The molecule has 1 N–H and O–H groups in total. The summed E-state index contributed by atoms with van der Waals surface area (Å²) in [5, 5.41) is 8.68. The number of carbonyl (C=O) groups is 1. The predicted octanol–water partition coefficient (Wildman–Crippen LogP) is 2.98. The van der Waals surface area contributed by atoms with Crippen molar-refractivity contribution in [3.05, 3.63) is 76.5 Å². The molecule has 0 saturated carbocycles. The topological polar surface area (TPSA) is 81.4 Å². The summed E-state index contributed by atoms with van der Waals surface area (Å²) in [5.74, 6) is 0.00741. The quantitative estimate of drug-likeness (QED) is 0.765. The lowest BCUT2D eigenvalue weighted by Crippen LogP contribution is -2.20. The lowest BCUT2D eigenvalue weighted by Gasteiger charge is -2.17. The summed E-state index contributed by atoms with van der Waals surface area (Å²) in [7, 11) is 0. The number of carboxylic acid groups (broad SMARTS) is 1. The molecule has 6 heteroatoms. The molecule has 0 aliphatic rings. The molecule has 6 nitrogen and oxygen atoms in total. The zero-order valence-electron chi connectivity index (χ0n) is 14.5. The van der Waals surface area contributed by atoms with Crippen LogP contribution in [0.15, 0.2) is 59.4 Å². The molecule has 0 amide bonds. The molecule has 1 aromatic heterocycles. The highest BCUT2D eigenvalue weighted by Crippen LogP contribution is 2.23. The highest BCUT2D eigenvalue weighted by Gasteiger charge is 2.14. The number of aliphatic carboxylic acids is 1.